The van der Waals surface area contributed by atoms with Crippen molar-refractivity contribution in [2.75, 3.05) is 0 Å². The minimum Gasteiger partial charge on any atom is -0.323 e. The minimum atomic E-state index is -0.0446. The molecule has 13 heavy (non-hydrogen) atoms. The van der Waals surface area contributed by atoms with E-state index in [2.05, 4.69) is 27.9 Å². The Labute approximate surface area is 87.5 Å². The van der Waals surface area contributed by atoms with Gasteiger partial charge in [0.05, 0.1) is 0 Å². The molecule has 0 bridgehead atoms. The predicted molar refractivity (Wildman–Crippen MR) is 59.3 cm³/mol. The van der Waals surface area contributed by atoms with Crippen LogP contribution in [0.5, 0.6) is 0 Å². The first-order chi connectivity index (χ1) is 6.15. The summed E-state index contributed by atoms with van der Waals surface area (Å²) in [5, 5.41) is 0. The Morgan fingerprint density at radius 2 is 2.31 bits per heavy atom. The van der Waals surface area contributed by atoms with Gasteiger partial charge in [-0.3, -0.25) is 0 Å². The summed E-state index contributed by atoms with van der Waals surface area (Å²) in [7, 11) is 0. The molecule has 2 heteroatoms. The molecule has 1 unspecified atom stereocenters. The number of hydrogen-bond donors (Lipinski definition) is 1. The molecule has 0 heterocycles. The maximum absolute atomic E-state index is 5.87. The summed E-state index contributed by atoms with van der Waals surface area (Å²) in [6, 6.07) is 6.02. The van der Waals surface area contributed by atoms with E-state index in [9.17, 15) is 0 Å². The summed E-state index contributed by atoms with van der Waals surface area (Å²) >= 11 is 3.44. The normalized spacial score (nSPS) is 12.2. The lowest BCUT2D eigenvalue weighted by Crippen LogP contribution is -2.09. The maximum atomic E-state index is 5.87. The van der Waals surface area contributed by atoms with Crippen LogP contribution in [0.2, 0.25) is 0 Å². The fourth-order valence-corrected chi connectivity index (χ4v) is 1.39. The Morgan fingerprint density at radius 3 is 2.85 bits per heavy atom. The molecule has 0 aromatic heterocycles. The average Bonchev–Trinajstić information content (AvgIpc) is 2.10. The number of terminal acetylenes is 1. The maximum Gasteiger partial charge on any atom is 0.0405 e. The van der Waals surface area contributed by atoms with Crippen molar-refractivity contribution < 1.29 is 0 Å². The molecular formula is C11H12BrN. The van der Waals surface area contributed by atoms with Crippen LogP contribution >= 0.6 is 15.9 Å². The molecule has 1 nitrogen and oxygen atoms in total. The van der Waals surface area contributed by atoms with E-state index in [1.54, 1.807) is 0 Å². The molecule has 1 aromatic carbocycles. The van der Waals surface area contributed by atoms with Crippen molar-refractivity contribution in [2.24, 2.45) is 5.73 Å². The Hall–Kier alpha value is -0.780. The lowest BCUT2D eigenvalue weighted by atomic mass is 10.0. The second-order valence-electron chi connectivity index (χ2n) is 3.02. The molecule has 0 spiro atoms. The number of rotatable bonds is 2. The van der Waals surface area contributed by atoms with Gasteiger partial charge in [-0.25, -0.2) is 0 Å². The molecule has 1 aromatic rings. The van der Waals surface area contributed by atoms with Gasteiger partial charge >= 0.3 is 0 Å². The number of benzene rings is 1. The van der Waals surface area contributed by atoms with Crippen LogP contribution in [-0.4, -0.2) is 0 Å². The van der Waals surface area contributed by atoms with Crippen molar-refractivity contribution in [1.82, 2.24) is 0 Å². The van der Waals surface area contributed by atoms with Crippen molar-refractivity contribution in [3.63, 3.8) is 0 Å². The molecule has 0 radical (unpaired) electrons. The molecule has 0 fully saturated rings. The van der Waals surface area contributed by atoms with Gasteiger partial charge in [0.2, 0.25) is 0 Å². The topological polar surface area (TPSA) is 26.0 Å². The molecule has 0 saturated carbocycles. The SMILES string of the molecule is C#CCC(N)c1ccc(Br)c(C)c1. The van der Waals surface area contributed by atoms with E-state index in [4.69, 9.17) is 12.2 Å². The predicted octanol–water partition coefficient (Wildman–Crippen LogP) is 2.78. The average molecular weight is 238 g/mol. The highest BCUT2D eigenvalue weighted by Crippen LogP contribution is 2.21. The molecule has 0 aliphatic heterocycles. The van der Waals surface area contributed by atoms with Crippen LogP contribution in [0.3, 0.4) is 0 Å². The molecule has 1 rings (SSSR count). The largest absolute Gasteiger partial charge is 0.323 e. The highest BCUT2D eigenvalue weighted by molar-refractivity contribution is 9.10. The monoisotopic (exact) mass is 237 g/mol. The zero-order valence-corrected chi connectivity index (χ0v) is 9.14. The van der Waals surface area contributed by atoms with E-state index in [0.29, 0.717) is 6.42 Å². The highest BCUT2D eigenvalue weighted by atomic mass is 79.9. The van der Waals surface area contributed by atoms with E-state index < -0.39 is 0 Å². The van der Waals surface area contributed by atoms with Crippen LogP contribution in [0, 0.1) is 19.3 Å². The zero-order chi connectivity index (χ0) is 9.84. The van der Waals surface area contributed by atoms with E-state index in [1.807, 2.05) is 19.1 Å². The van der Waals surface area contributed by atoms with E-state index in [1.165, 1.54) is 5.56 Å². The second kappa shape index (κ2) is 4.45. The fourth-order valence-electron chi connectivity index (χ4n) is 1.14. The van der Waals surface area contributed by atoms with Crippen LogP contribution in [-0.2, 0) is 0 Å². The third-order valence-electron chi connectivity index (χ3n) is 1.95. The van der Waals surface area contributed by atoms with Gasteiger partial charge in [-0.1, -0.05) is 28.1 Å². The van der Waals surface area contributed by atoms with Gasteiger partial charge < -0.3 is 5.73 Å². The molecular weight excluding hydrogens is 226 g/mol. The van der Waals surface area contributed by atoms with Crippen LogP contribution < -0.4 is 5.73 Å². The van der Waals surface area contributed by atoms with E-state index >= 15 is 0 Å². The van der Waals surface area contributed by atoms with E-state index in [-0.39, 0.29) is 6.04 Å². The summed E-state index contributed by atoms with van der Waals surface area (Å²) in [6.07, 6.45) is 5.78. The third kappa shape index (κ3) is 2.58. The summed E-state index contributed by atoms with van der Waals surface area (Å²) in [4.78, 5) is 0. The zero-order valence-electron chi connectivity index (χ0n) is 7.55. The van der Waals surface area contributed by atoms with Crippen molar-refractivity contribution in [3.05, 3.63) is 33.8 Å². The highest BCUT2D eigenvalue weighted by Gasteiger charge is 2.04. The number of aryl methyl sites for hydroxylation is 1. The lowest BCUT2D eigenvalue weighted by molar-refractivity contribution is 0.753. The Kier molecular flexibility index (Phi) is 3.53. The summed E-state index contributed by atoms with van der Waals surface area (Å²) in [5.41, 5.74) is 8.15. The van der Waals surface area contributed by atoms with Gasteiger partial charge in [-0.05, 0) is 24.1 Å². The smallest absolute Gasteiger partial charge is 0.0405 e. The Bertz CT molecular complexity index is 338. The standard InChI is InChI=1S/C11H12BrN/c1-3-4-11(13)9-5-6-10(12)8(2)7-9/h1,5-7,11H,4,13H2,2H3. The molecule has 1 atom stereocenters. The molecule has 0 saturated heterocycles. The van der Waals surface area contributed by atoms with Crippen molar-refractivity contribution in [2.45, 2.75) is 19.4 Å². The van der Waals surface area contributed by atoms with Gasteiger partial charge in [0.15, 0.2) is 0 Å². The molecule has 68 valence electrons. The van der Waals surface area contributed by atoms with Gasteiger partial charge in [0, 0.05) is 16.9 Å². The number of nitrogens with two attached hydrogens (primary N) is 1. The van der Waals surface area contributed by atoms with Crippen molar-refractivity contribution in [3.8, 4) is 12.3 Å². The summed E-state index contributed by atoms with van der Waals surface area (Å²) < 4.78 is 1.10. The van der Waals surface area contributed by atoms with Crippen molar-refractivity contribution in [1.29, 1.82) is 0 Å². The van der Waals surface area contributed by atoms with Crippen LogP contribution in [0.4, 0.5) is 0 Å². The van der Waals surface area contributed by atoms with Gasteiger partial charge in [0.1, 0.15) is 0 Å². The quantitative estimate of drug-likeness (QED) is 0.787. The molecule has 2 N–H and O–H groups in total. The summed E-state index contributed by atoms with van der Waals surface area (Å²) in [6.45, 7) is 2.04. The lowest BCUT2D eigenvalue weighted by Gasteiger charge is -2.09. The second-order valence-corrected chi connectivity index (χ2v) is 3.88. The van der Waals surface area contributed by atoms with Crippen LogP contribution in [0.15, 0.2) is 22.7 Å². The Balaban J connectivity index is 2.91. The first-order valence-corrected chi connectivity index (χ1v) is 4.89. The third-order valence-corrected chi connectivity index (χ3v) is 2.84. The van der Waals surface area contributed by atoms with Crippen LogP contribution in [0.25, 0.3) is 0 Å². The molecule has 0 amide bonds. The van der Waals surface area contributed by atoms with Crippen LogP contribution in [0.1, 0.15) is 23.6 Å². The first kappa shape index (κ1) is 10.3. The van der Waals surface area contributed by atoms with Crippen molar-refractivity contribution >= 4 is 15.9 Å². The van der Waals surface area contributed by atoms with Gasteiger partial charge in [-0.2, -0.15) is 0 Å². The van der Waals surface area contributed by atoms with E-state index in [0.717, 1.165) is 10.0 Å². The first-order valence-electron chi connectivity index (χ1n) is 4.10. The van der Waals surface area contributed by atoms with Gasteiger partial charge in [-0.15, -0.1) is 12.3 Å². The molecule has 0 aliphatic carbocycles. The summed E-state index contributed by atoms with van der Waals surface area (Å²) in [5.74, 6) is 2.56. The molecule has 0 aliphatic rings. The fraction of sp³-hybridized carbons (Fsp3) is 0.273. The minimum absolute atomic E-state index is 0.0446. The number of hydrogen-bond acceptors (Lipinski definition) is 1. The number of halogens is 1. The van der Waals surface area contributed by atoms with Gasteiger partial charge in [0.25, 0.3) is 0 Å². The Morgan fingerprint density at radius 1 is 1.62 bits per heavy atom.